The fraction of sp³-hybridized carbons (Fsp3) is 0.267. The van der Waals surface area contributed by atoms with Crippen molar-refractivity contribution < 1.29 is 14.7 Å². The second-order valence-electron chi connectivity index (χ2n) is 5.06. The Kier molecular flexibility index (Phi) is 4.45. The van der Waals surface area contributed by atoms with Gasteiger partial charge in [-0.3, -0.25) is 4.79 Å². The number of nitrogens with zero attached hydrogens (tertiary/aromatic N) is 3. The van der Waals surface area contributed by atoms with Crippen LogP contribution >= 0.6 is 0 Å². The second-order valence-corrected chi connectivity index (χ2v) is 5.06. The maximum atomic E-state index is 12.4. The minimum atomic E-state index is -1.08. The van der Waals surface area contributed by atoms with Crippen molar-refractivity contribution >= 4 is 17.7 Å². The molecule has 2 aromatic heterocycles. The predicted molar refractivity (Wildman–Crippen MR) is 80.0 cm³/mol. The van der Waals surface area contributed by atoms with Crippen molar-refractivity contribution in [1.29, 1.82) is 0 Å². The van der Waals surface area contributed by atoms with Crippen molar-refractivity contribution in [3.05, 3.63) is 47.2 Å². The third-order valence-electron chi connectivity index (χ3n) is 2.98. The van der Waals surface area contributed by atoms with Gasteiger partial charge >= 0.3 is 5.97 Å². The first-order valence-electron chi connectivity index (χ1n) is 6.72. The Morgan fingerprint density at radius 3 is 2.64 bits per heavy atom. The molecule has 0 aliphatic carbocycles. The van der Waals surface area contributed by atoms with E-state index in [1.807, 2.05) is 13.8 Å². The second kappa shape index (κ2) is 6.30. The van der Waals surface area contributed by atoms with Crippen molar-refractivity contribution in [3.8, 4) is 0 Å². The van der Waals surface area contributed by atoms with E-state index in [9.17, 15) is 9.59 Å². The van der Waals surface area contributed by atoms with Gasteiger partial charge in [-0.1, -0.05) is 13.8 Å². The molecule has 0 aromatic carbocycles. The Bertz CT molecular complexity index is 728. The number of hydrogen-bond donors (Lipinski definition) is 2. The van der Waals surface area contributed by atoms with Crippen LogP contribution in [-0.2, 0) is 0 Å². The zero-order valence-electron chi connectivity index (χ0n) is 12.5. The van der Waals surface area contributed by atoms with Crippen LogP contribution in [0.5, 0.6) is 0 Å². The molecule has 7 nitrogen and oxygen atoms in total. The van der Waals surface area contributed by atoms with Crippen LogP contribution in [0.2, 0.25) is 0 Å². The van der Waals surface area contributed by atoms with E-state index in [0.29, 0.717) is 17.1 Å². The lowest BCUT2D eigenvalue weighted by atomic mass is 10.0. The first kappa shape index (κ1) is 15.6. The number of amides is 1. The number of carboxylic acid groups (broad SMARTS) is 1. The van der Waals surface area contributed by atoms with Crippen LogP contribution in [0.3, 0.4) is 0 Å². The molecule has 0 bridgehead atoms. The molecule has 0 aliphatic rings. The van der Waals surface area contributed by atoms with Gasteiger partial charge in [-0.25, -0.2) is 19.7 Å². The molecule has 0 saturated carbocycles. The molecule has 0 saturated heterocycles. The molecule has 0 radical (unpaired) electrons. The molecule has 2 N–H and O–H groups in total. The molecule has 2 rings (SSSR count). The van der Waals surface area contributed by atoms with Crippen LogP contribution in [-0.4, -0.2) is 31.9 Å². The van der Waals surface area contributed by atoms with Crippen molar-refractivity contribution in [2.24, 2.45) is 0 Å². The van der Waals surface area contributed by atoms with Crippen LogP contribution in [0.25, 0.3) is 0 Å². The van der Waals surface area contributed by atoms with E-state index < -0.39 is 11.9 Å². The molecular formula is C15H16N4O3. The molecule has 0 fully saturated rings. The minimum Gasteiger partial charge on any atom is -0.478 e. The van der Waals surface area contributed by atoms with Crippen LogP contribution in [0.1, 0.15) is 52.0 Å². The van der Waals surface area contributed by atoms with Gasteiger partial charge in [-0.05, 0) is 25.0 Å². The summed E-state index contributed by atoms with van der Waals surface area (Å²) in [4.78, 5) is 35.6. The number of hydrogen-bond acceptors (Lipinski definition) is 5. The fourth-order valence-electron chi connectivity index (χ4n) is 1.92. The van der Waals surface area contributed by atoms with Gasteiger partial charge in [0, 0.05) is 12.4 Å². The Morgan fingerprint density at radius 2 is 2.00 bits per heavy atom. The van der Waals surface area contributed by atoms with Crippen LogP contribution in [0.15, 0.2) is 24.5 Å². The molecular weight excluding hydrogens is 284 g/mol. The number of carbonyl (C=O) groups excluding carboxylic acids is 1. The maximum absolute atomic E-state index is 12.4. The number of nitrogens with one attached hydrogen (secondary N) is 1. The van der Waals surface area contributed by atoms with Crippen molar-refractivity contribution in [3.63, 3.8) is 0 Å². The number of carbonyl (C=O) groups is 2. The smallest absolute Gasteiger partial charge is 0.335 e. The Labute approximate surface area is 127 Å². The topological polar surface area (TPSA) is 105 Å². The maximum Gasteiger partial charge on any atom is 0.335 e. The summed E-state index contributed by atoms with van der Waals surface area (Å²) in [6.07, 6.45) is 2.79. The monoisotopic (exact) mass is 300 g/mol. The van der Waals surface area contributed by atoms with Gasteiger partial charge in [-0.2, -0.15) is 0 Å². The lowest BCUT2D eigenvalue weighted by Gasteiger charge is -2.12. The highest BCUT2D eigenvalue weighted by atomic mass is 16.4. The first-order valence-corrected chi connectivity index (χ1v) is 6.72. The van der Waals surface area contributed by atoms with Gasteiger partial charge in [-0.15, -0.1) is 0 Å². The first-order chi connectivity index (χ1) is 10.4. The van der Waals surface area contributed by atoms with Gasteiger partial charge in [0.05, 0.1) is 16.8 Å². The Balaban J connectivity index is 2.30. The highest BCUT2D eigenvalue weighted by molar-refractivity contribution is 6.04. The number of anilines is 1. The molecule has 2 aromatic rings. The number of pyridine rings is 1. The van der Waals surface area contributed by atoms with E-state index in [1.54, 1.807) is 6.92 Å². The van der Waals surface area contributed by atoms with Crippen molar-refractivity contribution in [2.45, 2.75) is 26.7 Å². The highest BCUT2D eigenvalue weighted by Crippen LogP contribution is 2.18. The van der Waals surface area contributed by atoms with E-state index in [0.717, 1.165) is 0 Å². The Morgan fingerprint density at radius 1 is 1.27 bits per heavy atom. The van der Waals surface area contributed by atoms with Crippen LogP contribution in [0, 0.1) is 6.92 Å². The average molecular weight is 300 g/mol. The summed E-state index contributed by atoms with van der Waals surface area (Å²) in [5.41, 5.74) is 1.04. The largest absolute Gasteiger partial charge is 0.478 e. The number of aromatic nitrogens is 3. The molecule has 0 atom stereocenters. The number of aryl methyl sites for hydroxylation is 1. The van der Waals surface area contributed by atoms with Crippen LogP contribution in [0.4, 0.5) is 5.82 Å². The van der Waals surface area contributed by atoms with Crippen molar-refractivity contribution in [2.75, 3.05) is 5.32 Å². The van der Waals surface area contributed by atoms with Gasteiger partial charge in [0.2, 0.25) is 0 Å². The third-order valence-corrected chi connectivity index (χ3v) is 2.98. The van der Waals surface area contributed by atoms with E-state index >= 15 is 0 Å². The zero-order chi connectivity index (χ0) is 16.3. The third kappa shape index (κ3) is 3.43. The summed E-state index contributed by atoms with van der Waals surface area (Å²) in [5, 5.41) is 11.5. The summed E-state index contributed by atoms with van der Waals surface area (Å²) < 4.78 is 0. The average Bonchev–Trinajstić information content (AvgIpc) is 2.47. The van der Waals surface area contributed by atoms with Crippen molar-refractivity contribution in [1.82, 2.24) is 15.0 Å². The molecule has 1 amide bonds. The molecule has 7 heteroatoms. The summed E-state index contributed by atoms with van der Waals surface area (Å²) in [6.45, 7) is 5.62. The van der Waals surface area contributed by atoms with E-state index in [-0.39, 0.29) is 17.3 Å². The number of carboxylic acids is 1. The summed E-state index contributed by atoms with van der Waals surface area (Å²) in [5.74, 6) is -0.689. The van der Waals surface area contributed by atoms with Gasteiger partial charge < -0.3 is 10.4 Å². The van der Waals surface area contributed by atoms with E-state index in [1.165, 1.54) is 24.5 Å². The molecule has 22 heavy (non-hydrogen) atoms. The number of aromatic carboxylic acids is 1. The zero-order valence-corrected chi connectivity index (χ0v) is 12.5. The molecule has 114 valence electrons. The molecule has 2 heterocycles. The molecule has 0 aliphatic heterocycles. The van der Waals surface area contributed by atoms with E-state index in [2.05, 4.69) is 20.3 Å². The van der Waals surface area contributed by atoms with Crippen LogP contribution < -0.4 is 5.32 Å². The normalized spacial score (nSPS) is 10.5. The number of rotatable bonds is 4. The van der Waals surface area contributed by atoms with Gasteiger partial charge in [0.15, 0.2) is 0 Å². The molecule has 0 unspecified atom stereocenters. The quantitative estimate of drug-likeness (QED) is 0.897. The summed E-state index contributed by atoms with van der Waals surface area (Å²) >= 11 is 0. The molecule has 0 spiro atoms. The lowest BCUT2D eigenvalue weighted by molar-refractivity contribution is 0.0696. The summed E-state index contributed by atoms with van der Waals surface area (Å²) in [7, 11) is 0. The minimum absolute atomic E-state index is 0.0505. The standard InChI is InChI=1S/C15H16N4O3/c1-8(2)13-11(7-17-9(3)18-13)14(20)19-12-6-10(15(21)22)4-5-16-12/h4-8H,1-3H3,(H,21,22)(H,16,19,20). The highest BCUT2D eigenvalue weighted by Gasteiger charge is 2.17. The van der Waals surface area contributed by atoms with E-state index in [4.69, 9.17) is 5.11 Å². The Hall–Kier alpha value is -2.83. The summed E-state index contributed by atoms with van der Waals surface area (Å²) in [6, 6.07) is 2.65. The van der Waals surface area contributed by atoms with Gasteiger partial charge in [0.1, 0.15) is 11.6 Å². The predicted octanol–water partition coefficient (Wildman–Crippen LogP) is 2.25. The lowest BCUT2D eigenvalue weighted by Crippen LogP contribution is -2.18. The fourth-order valence-corrected chi connectivity index (χ4v) is 1.92. The SMILES string of the molecule is Cc1ncc(C(=O)Nc2cc(C(=O)O)ccn2)c(C(C)C)n1. The van der Waals surface area contributed by atoms with Gasteiger partial charge in [0.25, 0.3) is 5.91 Å².